The molecular weight excluding hydrogens is 524 g/mol. The number of para-hydroxylation sites is 2. The second kappa shape index (κ2) is 11.6. The van der Waals surface area contributed by atoms with E-state index in [1.54, 1.807) is 29.2 Å². The molecule has 39 heavy (non-hydrogen) atoms. The van der Waals surface area contributed by atoms with Gasteiger partial charge in [0.15, 0.2) is 5.17 Å². The van der Waals surface area contributed by atoms with Gasteiger partial charge in [0, 0.05) is 18.5 Å². The van der Waals surface area contributed by atoms with Crippen LogP contribution in [0.4, 0.5) is 20.2 Å². The Labute approximate surface area is 227 Å². The molecule has 3 aromatic rings. The molecule has 11 heteroatoms. The molecule has 1 unspecified atom stereocenters. The summed E-state index contributed by atoms with van der Waals surface area (Å²) in [5, 5.41) is 5.70. The number of carbonyl (C=O) groups excluding carboxylic acids is 3. The van der Waals surface area contributed by atoms with E-state index in [0.717, 1.165) is 17.3 Å². The summed E-state index contributed by atoms with van der Waals surface area (Å²) in [6, 6.07) is 18.1. The Morgan fingerprint density at radius 2 is 1.67 bits per heavy atom. The molecule has 0 aromatic heterocycles. The number of hydrogen-bond acceptors (Lipinski definition) is 6. The summed E-state index contributed by atoms with van der Waals surface area (Å²) in [4.78, 5) is 48.7. The van der Waals surface area contributed by atoms with Gasteiger partial charge in [-0.1, -0.05) is 48.2 Å². The number of amidine groups is 2. The van der Waals surface area contributed by atoms with Gasteiger partial charge in [-0.05, 0) is 48.4 Å². The number of nitrogens with one attached hydrogen (secondary N) is 2. The molecule has 2 heterocycles. The summed E-state index contributed by atoms with van der Waals surface area (Å²) in [7, 11) is 0. The predicted molar refractivity (Wildman–Crippen MR) is 146 cm³/mol. The minimum Gasteiger partial charge on any atom is -0.352 e. The first-order chi connectivity index (χ1) is 18.9. The van der Waals surface area contributed by atoms with Crippen LogP contribution in [-0.4, -0.2) is 45.4 Å². The minimum absolute atomic E-state index is 0.0459. The molecule has 0 fully saturated rings. The fourth-order valence-corrected chi connectivity index (χ4v) is 5.06. The van der Waals surface area contributed by atoms with Crippen molar-refractivity contribution in [3.8, 4) is 0 Å². The Hall–Kier alpha value is -4.38. The number of fused-ring (bicyclic) bond motifs is 3. The van der Waals surface area contributed by atoms with Gasteiger partial charge < -0.3 is 10.6 Å². The van der Waals surface area contributed by atoms with E-state index in [1.165, 1.54) is 30.3 Å². The normalized spacial score (nSPS) is 15.7. The van der Waals surface area contributed by atoms with E-state index in [0.29, 0.717) is 22.3 Å². The van der Waals surface area contributed by atoms with Crippen molar-refractivity contribution in [3.05, 3.63) is 95.6 Å². The third kappa shape index (κ3) is 6.04. The van der Waals surface area contributed by atoms with E-state index in [-0.39, 0.29) is 42.6 Å². The van der Waals surface area contributed by atoms with Crippen LogP contribution in [0.1, 0.15) is 24.0 Å². The zero-order chi connectivity index (χ0) is 27.4. The molecule has 1 atom stereocenters. The van der Waals surface area contributed by atoms with E-state index in [9.17, 15) is 23.2 Å². The number of amides is 3. The van der Waals surface area contributed by atoms with Gasteiger partial charge in [0.2, 0.25) is 11.8 Å². The molecular formula is C28H23F2N5O3S. The highest BCUT2D eigenvalue weighted by atomic mass is 32.2. The van der Waals surface area contributed by atoms with Crippen LogP contribution in [0.15, 0.2) is 82.8 Å². The summed E-state index contributed by atoms with van der Waals surface area (Å²) in [5.41, 5.74) is 2.10. The molecule has 2 aliphatic rings. The maximum atomic E-state index is 13.9. The molecule has 0 spiro atoms. The monoisotopic (exact) mass is 547 g/mol. The van der Waals surface area contributed by atoms with Crippen molar-refractivity contribution in [3.63, 3.8) is 0 Å². The van der Waals surface area contributed by atoms with Gasteiger partial charge in [-0.2, -0.15) is 4.99 Å². The van der Waals surface area contributed by atoms with Gasteiger partial charge in [0.1, 0.15) is 23.5 Å². The van der Waals surface area contributed by atoms with E-state index in [1.807, 2.05) is 18.2 Å². The Morgan fingerprint density at radius 3 is 2.46 bits per heavy atom. The highest BCUT2D eigenvalue weighted by molar-refractivity contribution is 8.14. The van der Waals surface area contributed by atoms with Crippen molar-refractivity contribution in [1.29, 1.82) is 0 Å². The van der Waals surface area contributed by atoms with Crippen LogP contribution in [0, 0.1) is 11.6 Å². The molecule has 0 bridgehead atoms. The standard InChI is InChI=1S/C28H23F2N5O3S/c29-18-11-9-17(10-12-18)15-31-24(36)14-13-23-27(38)34-26-19-5-1-3-7-21(19)33-28(35(23)26)39-16-25(37)32-22-8-4-2-6-20(22)30/h1-12,23H,13-16H2,(H,31,36)(H,32,37). The van der Waals surface area contributed by atoms with E-state index in [4.69, 9.17) is 0 Å². The number of anilines is 1. The van der Waals surface area contributed by atoms with Crippen molar-refractivity contribution in [2.75, 3.05) is 11.1 Å². The Morgan fingerprint density at radius 1 is 0.923 bits per heavy atom. The van der Waals surface area contributed by atoms with Gasteiger partial charge in [0.05, 0.1) is 17.1 Å². The summed E-state index contributed by atoms with van der Waals surface area (Å²) in [5.74, 6) is -1.68. The molecule has 2 N–H and O–H groups in total. The average Bonchev–Trinajstić information content (AvgIpc) is 3.27. The zero-order valence-corrected chi connectivity index (χ0v) is 21.4. The number of benzene rings is 3. The van der Waals surface area contributed by atoms with Crippen molar-refractivity contribution < 1.29 is 23.2 Å². The Bertz CT molecular complexity index is 1490. The summed E-state index contributed by atoms with van der Waals surface area (Å²) >= 11 is 1.10. The van der Waals surface area contributed by atoms with Gasteiger partial charge in [-0.3, -0.25) is 19.3 Å². The zero-order valence-electron chi connectivity index (χ0n) is 20.6. The molecule has 0 aliphatic carbocycles. The topological polar surface area (TPSA) is 103 Å². The Kier molecular flexibility index (Phi) is 7.78. The molecule has 5 rings (SSSR count). The van der Waals surface area contributed by atoms with Gasteiger partial charge in [-0.25, -0.2) is 13.8 Å². The quantitative estimate of drug-likeness (QED) is 0.436. The van der Waals surface area contributed by atoms with Crippen LogP contribution in [0.5, 0.6) is 0 Å². The lowest BCUT2D eigenvalue weighted by atomic mass is 10.1. The molecule has 2 aliphatic heterocycles. The van der Waals surface area contributed by atoms with Crippen molar-refractivity contribution in [2.45, 2.75) is 25.4 Å². The number of nitrogens with zero attached hydrogens (tertiary/aromatic N) is 3. The second-order valence-electron chi connectivity index (χ2n) is 8.83. The maximum absolute atomic E-state index is 13.9. The van der Waals surface area contributed by atoms with Crippen LogP contribution >= 0.6 is 11.8 Å². The highest BCUT2D eigenvalue weighted by Gasteiger charge is 2.41. The molecule has 0 saturated heterocycles. The van der Waals surface area contributed by atoms with Crippen LogP contribution in [-0.2, 0) is 20.9 Å². The van der Waals surface area contributed by atoms with Gasteiger partial charge in [0.25, 0.3) is 5.91 Å². The first-order valence-electron chi connectivity index (χ1n) is 12.2. The smallest absolute Gasteiger partial charge is 0.270 e. The van der Waals surface area contributed by atoms with Crippen LogP contribution < -0.4 is 10.6 Å². The first-order valence-corrected chi connectivity index (χ1v) is 13.2. The number of rotatable bonds is 8. The fraction of sp³-hybridized carbons (Fsp3) is 0.179. The lowest BCUT2D eigenvalue weighted by Gasteiger charge is -2.31. The third-order valence-electron chi connectivity index (χ3n) is 6.14. The average molecular weight is 548 g/mol. The molecule has 8 nitrogen and oxygen atoms in total. The fourth-order valence-electron chi connectivity index (χ4n) is 4.21. The first kappa shape index (κ1) is 26.2. The Balaban J connectivity index is 1.27. The minimum atomic E-state index is -0.772. The van der Waals surface area contributed by atoms with E-state index >= 15 is 0 Å². The number of halogens is 2. The van der Waals surface area contributed by atoms with Gasteiger partial charge in [-0.15, -0.1) is 0 Å². The molecule has 0 saturated carbocycles. The molecule has 3 amide bonds. The van der Waals surface area contributed by atoms with Crippen LogP contribution in [0.25, 0.3) is 0 Å². The van der Waals surface area contributed by atoms with Crippen LogP contribution in [0.2, 0.25) is 0 Å². The summed E-state index contributed by atoms with van der Waals surface area (Å²) < 4.78 is 27.0. The summed E-state index contributed by atoms with van der Waals surface area (Å²) in [6.07, 6.45) is 0.217. The van der Waals surface area contributed by atoms with E-state index < -0.39 is 23.7 Å². The SMILES string of the molecule is O=C(CCC1C(=O)N=C2c3ccccc3N=C(SCC(=O)Nc3ccccc3F)N21)NCc1ccc(F)cc1. The van der Waals surface area contributed by atoms with Crippen molar-refractivity contribution >= 4 is 51.9 Å². The highest BCUT2D eigenvalue weighted by Crippen LogP contribution is 2.35. The lowest BCUT2D eigenvalue weighted by molar-refractivity contribution is -0.122. The summed E-state index contributed by atoms with van der Waals surface area (Å²) in [6.45, 7) is 0.232. The van der Waals surface area contributed by atoms with Crippen LogP contribution in [0.3, 0.4) is 0 Å². The van der Waals surface area contributed by atoms with Crippen molar-refractivity contribution in [2.24, 2.45) is 9.98 Å². The maximum Gasteiger partial charge on any atom is 0.270 e. The third-order valence-corrected chi connectivity index (χ3v) is 7.09. The second-order valence-corrected chi connectivity index (χ2v) is 9.77. The predicted octanol–water partition coefficient (Wildman–Crippen LogP) is 4.39. The van der Waals surface area contributed by atoms with E-state index in [2.05, 4.69) is 20.6 Å². The number of thioether (sulfide) groups is 1. The molecule has 198 valence electrons. The molecule has 0 radical (unpaired) electrons. The largest absolute Gasteiger partial charge is 0.352 e. The van der Waals surface area contributed by atoms with Crippen molar-refractivity contribution in [1.82, 2.24) is 10.2 Å². The lowest BCUT2D eigenvalue weighted by Crippen LogP contribution is -2.44. The number of hydrogen-bond donors (Lipinski definition) is 2. The molecule has 3 aromatic carbocycles. The number of carbonyl (C=O) groups is 3. The van der Waals surface area contributed by atoms with Gasteiger partial charge >= 0.3 is 0 Å². The number of aliphatic imine (C=N–C) groups is 2.